The minimum Gasteiger partial charge on any atom is -0.372 e. The van der Waals surface area contributed by atoms with Gasteiger partial charge in [0.2, 0.25) is 0 Å². The van der Waals surface area contributed by atoms with Crippen molar-refractivity contribution in [1.82, 2.24) is 0 Å². The third kappa shape index (κ3) is 13.1. The van der Waals surface area contributed by atoms with Crippen LogP contribution in [0.1, 0.15) is 129 Å². The molecule has 0 rings (SSSR count). The molecule has 0 radical (unpaired) electrons. The second kappa shape index (κ2) is 15.9. The van der Waals surface area contributed by atoms with Crippen molar-refractivity contribution < 1.29 is 18.1 Å². The van der Waals surface area contributed by atoms with Gasteiger partial charge in [-0.3, -0.25) is 4.55 Å². The first-order valence-electron chi connectivity index (χ1n) is 11.1. The predicted molar refractivity (Wildman–Crippen MR) is 111 cm³/mol. The van der Waals surface area contributed by atoms with E-state index in [1.807, 2.05) is 6.92 Å². The summed E-state index contributed by atoms with van der Waals surface area (Å²) in [6, 6.07) is 0. The van der Waals surface area contributed by atoms with Crippen LogP contribution in [0, 0.1) is 0 Å². The third-order valence-corrected chi connectivity index (χ3v) is 6.69. The molecule has 1 unspecified atom stereocenters. The lowest BCUT2D eigenvalue weighted by molar-refractivity contribution is 0.0890. The Hall–Kier alpha value is -0.130. The molecule has 0 saturated carbocycles. The lowest BCUT2D eigenvalue weighted by Gasteiger charge is -2.24. The highest BCUT2D eigenvalue weighted by atomic mass is 32.2. The minimum atomic E-state index is -4.40. The van der Waals surface area contributed by atoms with Gasteiger partial charge in [-0.15, -0.1) is 0 Å². The molecule has 0 aliphatic heterocycles. The predicted octanol–water partition coefficient (Wildman–Crippen LogP) is 6.62. The third-order valence-electron chi connectivity index (χ3n) is 5.32. The SMILES string of the molecule is CCCCCCCCCCCCCCCCC(O)(CCCC)S(=O)(=O)O. The zero-order chi connectivity index (χ0) is 19.7. The van der Waals surface area contributed by atoms with E-state index in [9.17, 15) is 18.1 Å². The average molecular weight is 393 g/mol. The van der Waals surface area contributed by atoms with Crippen LogP contribution in [-0.4, -0.2) is 23.0 Å². The Labute approximate surface area is 162 Å². The highest BCUT2D eigenvalue weighted by Crippen LogP contribution is 2.27. The van der Waals surface area contributed by atoms with Crippen LogP contribution >= 0.6 is 0 Å². The van der Waals surface area contributed by atoms with Gasteiger partial charge in [0.25, 0.3) is 10.1 Å². The van der Waals surface area contributed by atoms with Crippen molar-refractivity contribution in [3.05, 3.63) is 0 Å². The van der Waals surface area contributed by atoms with E-state index in [1.54, 1.807) is 0 Å². The molecule has 158 valence electrons. The Morgan fingerprint density at radius 3 is 1.23 bits per heavy atom. The molecule has 0 aromatic heterocycles. The zero-order valence-corrected chi connectivity index (χ0v) is 18.2. The fourth-order valence-electron chi connectivity index (χ4n) is 3.43. The normalized spacial score (nSPS) is 14.5. The van der Waals surface area contributed by atoms with Gasteiger partial charge in [-0.05, 0) is 25.7 Å². The van der Waals surface area contributed by atoms with Crippen molar-refractivity contribution in [2.45, 2.75) is 134 Å². The van der Waals surface area contributed by atoms with Crippen LogP contribution < -0.4 is 0 Å². The minimum absolute atomic E-state index is 0.126. The molecule has 0 aliphatic carbocycles. The van der Waals surface area contributed by atoms with Crippen LogP contribution in [0.4, 0.5) is 0 Å². The van der Waals surface area contributed by atoms with Gasteiger partial charge in [-0.1, -0.05) is 104 Å². The first-order chi connectivity index (χ1) is 12.4. The molecule has 0 fully saturated rings. The van der Waals surface area contributed by atoms with Crippen LogP contribution in [0.3, 0.4) is 0 Å². The van der Waals surface area contributed by atoms with Crippen molar-refractivity contribution in [3.63, 3.8) is 0 Å². The first kappa shape index (κ1) is 25.9. The Balaban J connectivity index is 3.57. The summed E-state index contributed by atoms with van der Waals surface area (Å²) in [5.74, 6) is 0. The number of hydrogen-bond acceptors (Lipinski definition) is 3. The number of rotatable bonds is 19. The molecule has 0 amide bonds. The summed E-state index contributed by atoms with van der Waals surface area (Å²) < 4.78 is 32.1. The van der Waals surface area contributed by atoms with Crippen molar-refractivity contribution in [2.75, 3.05) is 0 Å². The molecule has 0 heterocycles. The summed E-state index contributed by atoms with van der Waals surface area (Å²) in [5, 5.41) is 10.2. The largest absolute Gasteiger partial charge is 0.372 e. The molecule has 5 heteroatoms. The van der Waals surface area contributed by atoms with Gasteiger partial charge < -0.3 is 5.11 Å². The molecule has 26 heavy (non-hydrogen) atoms. The Morgan fingerprint density at radius 2 is 0.885 bits per heavy atom. The summed E-state index contributed by atoms with van der Waals surface area (Å²) in [4.78, 5) is -1.94. The Morgan fingerprint density at radius 1 is 0.577 bits per heavy atom. The van der Waals surface area contributed by atoms with E-state index in [0.717, 1.165) is 19.3 Å². The Bertz CT molecular complexity index is 408. The second-order valence-corrected chi connectivity index (χ2v) is 9.58. The van der Waals surface area contributed by atoms with E-state index in [0.29, 0.717) is 12.8 Å². The molecule has 0 bridgehead atoms. The summed E-state index contributed by atoms with van der Waals surface area (Å²) in [6.45, 7) is 4.19. The molecule has 0 saturated heterocycles. The van der Waals surface area contributed by atoms with Gasteiger partial charge in [0.15, 0.2) is 4.93 Å². The molecule has 4 nitrogen and oxygen atoms in total. The first-order valence-corrected chi connectivity index (χ1v) is 12.5. The topological polar surface area (TPSA) is 74.6 Å². The van der Waals surface area contributed by atoms with E-state index in [2.05, 4.69) is 6.92 Å². The zero-order valence-electron chi connectivity index (χ0n) is 17.3. The van der Waals surface area contributed by atoms with E-state index in [4.69, 9.17) is 0 Å². The van der Waals surface area contributed by atoms with Crippen LogP contribution in [0.15, 0.2) is 0 Å². The van der Waals surface area contributed by atoms with E-state index < -0.39 is 15.1 Å². The van der Waals surface area contributed by atoms with Gasteiger partial charge in [0.1, 0.15) is 0 Å². The molecular formula is C21H44O4S. The fourth-order valence-corrected chi connectivity index (χ4v) is 4.24. The quantitative estimate of drug-likeness (QED) is 0.191. The van der Waals surface area contributed by atoms with Gasteiger partial charge in [-0.2, -0.15) is 8.42 Å². The summed E-state index contributed by atoms with van der Waals surface area (Å²) in [5.41, 5.74) is 0. The maximum absolute atomic E-state index is 11.4. The van der Waals surface area contributed by atoms with E-state index in [-0.39, 0.29) is 12.8 Å². The highest BCUT2D eigenvalue weighted by molar-refractivity contribution is 7.87. The molecule has 0 aromatic rings. The smallest absolute Gasteiger partial charge is 0.294 e. The highest BCUT2D eigenvalue weighted by Gasteiger charge is 2.39. The van der Waals surface area contributed by atoms with Crippen molar-refractivity contribution in [3.8, 4) is 0 Å². The van der Waals surface area contributed by atoms with Crippen LogP contribution in [-0.2, 0) is 10.1 Å². The standard InChI is InChI=1S/C21H44O4S/c1-3-5-7-8-9-10-11-12-13-14-15-16-17-18-20-21(22,19-6-4-2)26(23,24)25/h22H,3-20H2,1-2H3,(H,23,24,25). The molecule has 0 aromatic carbocycles. The van der Waals surface area contributed by atoms with Crippen molar-refractivity contribution in [2.24, 2.45) is 0 Å². The number of aliphatic hydroxyl groups is 1. The van der Waals surface area contributed by atoms with Crippen molar-refractivity contribution in [1.29, 1.82) is 0 Å². The molecule has 1 atom stereocenters. The van der Waals surface area contributed by atoms with Crippen molar-refractivity contribution >= 4 is 10.1 Å². The molecule has 0 spiro atoms. The van der Waals surface area contributed by atoms with E-state index in [1.165, 1.54) is 70.6 Å². The maximum Gasteiger partial charge on any atom is 0.294 e. The monoisotopic (exact) mass is 392 g/mol. The molecule has 0 aliphatic rings. The van der Waals surface area contributed by atoms with Gasteiger partial charge in [-0.25, -0.2) is 0 Å². The summed E-state index contributed by atoms with van der Waals surface area (Å²) in [6.07, 6.45) is 18.9. The van der Waals surface area contributed by atoms with Crippen LogP contribution in [0.2, 0.25) is 0 Å². The van der Waals surface area contributed by atoms with Gasteiger partial charge in [0, 0.05) is 0 Å². The average Bonchev–Trinajstić information content (AvgIpc) is 2.59. The second-order valence-electron chi connectivity index (χ2n) is 7.87. The van der Waals surface area contributed by atoms with Crippen LogP contribution in [0.5, 0.6) is 0 Å². The summed E-state index contributed by atoms with van der Waals surface area (Å²) >= 11 is 0. The number of hydrogen-bond donors (Lipinski definition) is 2. The molecular weight excluding hydrogens is 348 g/mol. The van der Waals surface area contributed by atoms with Gasteiger partial charge >= 0.3 is 0 Å². The fraction of sp³-hybridized carbons (Fsp3) is 1.00. The maximum atomic E-state index is 11.4. The number of unbranched alkanes of at least 4 members (excludes halogenated alkanes) is 14. The molecule has 2 N–H and O–H groups in total. The lowest BCUT2D eigenvalue weighted by atomic mass is 10.0. The van der Waals surface area contributed by atoms with Crippen LogP contribution in [0.25, 0.3) is 0 Å². The van der Waals surface area contributed by atoms with E-state index >= 15 is 0 Å². The Kier molecular flexibility index (Phi) is 15.8. The summed E-state index contributed by atoms with van der Waals surface area (Å²) in [7, 11) is -4.40. The van der Waals surface area contributed by atoms with Gasteiger partial charge in [0.05, 0.1) is 0 Å². The lowest BCUT2D eigenvalue weighted by Crippen LogP contribution is -2.38.